The first-order valence-corrected chi connectivity index (χ1v) is 6.23. The van der Waals surface area contributed by atoms with Crippen molar-refractivity contribution in [1.29, 1.82) is 0 Å². The Balaban J connectivity index is 2.48. The maximum absolute atomic E-state index is 11.9. The normalized spacial score (nSPS) is 25.9. The Kier molecular flexibility index (Phi) is 2.61. The van der Waals surface area contributed by atoms with Gasteiger partial charge in [-0.05, 0) is 25.0 Å². The summed E-state index contributed by atoms with van der Waals surface area (Å²) in [6, 6.07) is 6.39. The lowest BCUT2D eigenvalue weighted by atomic mass is 10.1. The number of amides is 1. The van der Waals surface area contributed by atoms with Crippen molar-refractivity contribution in [3.05, 3.63) is 29.3 Å². The molecule has 0 N–H and O–H groups in total. The van der Waals surface area contributed by atoms with Gasteiger partial charge in [0.15, 0.2) is 0 Å². The van der Waals surface area contributed by atoms with E-state index in [1.54, 1.807) is 11.8 Å². The molecule has 1 heterocycles. The fourth-order valence-corrected chi connectivity index (χ4v) is 3.19. The van der Waals surface area contributed by atoms with E-state index in [2.05, 4.69) is 32.0 Å². The number of carbonyl (C=O) groups is 1. The van der Waals surface area contributed by atoms with Crippen LogP contribution in [-0.2, 0) is 4.79 Å². The molecule has 2 rings (SSSR count). The van der Waals surface area contributed by atoms with Crippen LogP contribution < -0.4 is 4.48 Å². The molecular weight excluding hydrogens is 206 g/mol. The average Bonchev–Trinajstić information content (AvgIpc) is 2.47. The summed E-state index contributed by atoms with van der Waals surface area (Å²) in [5.74, 6) is 1.82. The zero-order valence-corrected chi connectivity index (χ0v) is 10.2. The molecule has 15 heavy (non-hydrogen) atoms. The molecule has 1 atom stereocenters. The number of nitrogens with zero attached hydrogens (tertiary/aromatic N) is 1. The molecule has 1 aliphatic heterocycles. The molecule has 1 fully saturated rings. The smallest absolute Gasteiger partial charge is 0.229 e. The van der Waals surface area contributed by atoms with Gasteiger partial charge in [-0.2, -0.15) is 0 Å². The lowest BCUT2D eigenvalue weighted by molar-refractivity contribution is -0.124. The lowest BCUT2D eigenvalue weighted by Crippen LogP contribution is -2.46. The van der Waals surface area contributed by atoms with Gasteiger partial charge >= 0.3 is 5.91 Å². The Hall–Kier alpha value is -0.800. The van der Waals surface area contributed by atoms with E-state index >= 15 is 0 Å². The van der Waals surface area contributed by atoms with Gasteiger partial charge in [0.25, 0.3) is 0 Å². The second-order valence-corrected chi connectivity index (χ2v) is 5.36. The number of aryl methyl sites for hydroxylation is 2. The van der Waals surface area contributed by atoms with Gasteiger partial charge in [0.05, 0.1) is 7.05 Å². The summed E-state index contributed by atoms with van der Waals surface area (Å²) in [5.41, 5.74) is 3.59. The van der Waals surface area contributed by atoms with Crippen molar-refractivity contribution in [1.82, 2.24) is 4.48 Å². The van der Waals surface area contributed by atoms with E-state index in [0.717, 1.165) is 11.6 Å². The average molecular weight is 222 g/mol. The summed E-state index contributed by atoms with van der Waals surface area (Å²) < 4.78 is 0.452. The lowest BCUT2D eigenvalue weighted by Gasteiger charge is -2.25. The first-order chi connectivity index (χ1) is 7.02. The van der Waals surface area contributed by atoms with Crippen LogP contribution in [-0.4, -0.2) is 24.6 Å². The van der Waals surface area contributed by atoms with Crippen LogP contribution in [0.25, 0.3) is 0 Å². The van der Waals surface area contributed by atoms with Gasteiger partial charge in [-0.15, -0.1) is 0 Å². The molecule has 0 bridgehead atoms. The van der Waals surface area contributed by atoms with Crippen LogP contribution in [0.5, 0.6) is 0 Å². The van der Waals surface area contributed by atoms with E-state index in [9.17, 15) is 4.79 Å². The number of rotatable bonds is 1. The molecule has 80 valence electrons. The van der Waals surface area contributed by atoms with Gasteiger partial charge in [0.2, 0.25) is 0 Å². The summed E-state index contributed by atoms with van der Waals surface area (Å²) in [4.78, 5) is 11.9. The highest BCUT2D eigenvalue weighted by Gasteiger charge is 2.39. The molecule has 0 aliphatic carbocycles. The van der Waals surface area contributed by atoms with Crippen LogP contribution in [0.15, 0.2) is 18.2 Å². The van der Waals surface area contributed by atoms with Gasteiger partial charge in [-0.25, -0.2) is 9.28 Å². The SMILES string of the molecule is Cc1cc(C)cc([N+]2(C)CSCC2=O)c1. The Morgan fingerprint density at radius 3 is 2.27 bits per heavy atom. The van der Waals surface area contributed by atoms with E-state index in [0.29, 0.717) is 16.1 Å². The van der Waals surface area contributed by atoms with Crippen LogP contribution in [0, 0.1) is 13.8 Å². The van der Waals surface area contributed by atoms with Gasteiger partial charge in [-0.3, -0.25) is 0 Å². The Morgan fingerprint density at radius 1 is 1.20 bits per heavy atom. The summed E-state index contributed by atoms with van der Waals surface area (Å²) in [7, 11) is 2.01. The first kappa shape index (κ1) is 10.7. The van der Waals surface area contributed by atoms with E-state index in [-0.39, 0.29) is 0 Å². The van der Waals surface area contributed by atoms with Crippen molar-refractivity contribution in [3.8, 4) is 0 Å². The second-order valence-electron chi connectivity index (χ2n) is 4.41. The van der Waals surface area contributed by atoms with E-state index in [1.165, 1.54) is 11.1 Å². The fourth-order valence-electron chi connectivity index (χ4n) is 1.98. The largest absolute Gasteiger partial charge is 0.329 e. The van der Waals surface area contributed by atoms with Crippen molar-refractivity contribution in [2.75, 3.05) is 18.7 Å². The molecule has 1 saturated heterocycles. The van der Waals surface area contributed by atoms with Crippen molar-refractivity contribution >= 4 is 23.4 Å². The van der Waals surface area contributed by atoms with Crippen LogP contribution in [0.3, 0.4) is 0 Å². The minimum atomic E-state index is 0.310. The van der Waals surface area contributed by atoms with Crippen molar-refractivity contribution in [2.45, 2.75) is 13.8 Å². The van der Waals surface area contributed by atoms with Gasteiger partial charge < -0.3 is 0 Å². The van der Waals surface area contributed by atoms with E-state index < -0.39 is 0 Å². The van der Waals surface area contributed by atoms with Crippen LogP contribution in [0.4, 0.5) is 5.69 Å². The number of thioether (sulfide) groups is 1. The predicted octanol–water partition coefficient (Wildman–Crippen LogP) is 2.47. The van der Waals surface area contributed by atoms with Crippen molar-refractivity contribution in [3.63, 3.8) is 0 Å². The first-order valence-electron chi connectivity index (χ1n) is 5.08. The molecule has 1 aliphatic rings. The number of benzene rings is 1. The van der Waals surface area contributed by atoms with Crippen molar-refractivity contribution in [2.24, 2.45) is 0 Å². The summed E-state index contributed by atoms with van der Waals surface area (Å²) >= 11 is 1.72. The maximum Gasteiger partial charge on any atom is 0.329 e. The molecule has 0 spiro atoms. The fraction of sp³-hybridized carbons (Fsp3) is 0.417. The Morgan fingerprint density at radius 2 is 1.80 bits per heavy atom. The predicted molar refractivity (Wildman–Crippen MR) is 66.0 cm³/mol. The molecule has 0 radical (unpaired) electrons. The molecule has 0 aromatic heterocycles. The summed E-state index contributed by atoms with van der Waals surface area (Å²) in [6.07, 6.45) is 0. The zero-order chi connectivity index (χ0) is 11.1. The number of quaternary nitrogens is 1. The standard InChI is InChI=1S/C12H16NOS/c1-9-4-10(2)6-11(5-9)13(3)8-15-7-12(13)14/h4-6H,7-8H2,1-3H3/q+1. The maximum atomic E-state index is 11.9. The van der Waals surface area contributed by atoms with Gasteiger partial charge in [-0.1, -0.05) is 17.8 Å². The molecule has 1 unspecified atom stereocenters. The highest BCUT2D eigenvalue weighted by molar-refractivity contribution is 8.00. The Bertz CT molecular complexity index is 396. The second kappa shape index (κ2) is 3.65. The zero-order valence-electron chi connectivity index (χ0n) is 9.41. The van der Waals surface area contributed by atoms with E-state index in [1.807, 2.05) is 7.05 Å². The van der Waals surface area contributed by atoms with Crippen LogP contribution >= 0.6 is 11.8 Å². The van der Waals surface area contributed by atoms with E-state index in [4.69, 9.17) is 0 Å². The monoisotopic (exact) mass is 222 g/mol. The third kappa shape index (κ3) is 1.82. The third-order valence-electron chi connectivity index (χ3n) is 2.90. The highest BCUT2D eigenvalue weighted by Crippen LogP contribution is 2.31. The summed E-state index contributed by atoms with van der Waals surface area (Å²) in [6.45, 7) is 4.16. The minimum absolute atomic E-state index is 0.310. The molecular formula is C12H16NOS+. The van der Waals surface area contributed by atoms with Gasteiger partial charge in [0.1, 0.15) is 17.3 Å². The summed E-state index contributed by atoms with van der Waals surface area (Å²) in [5, 5.41) is 0. The van der Waals surface area contributed by atoms with Crippen LogP contribution in [0.1, 0.15) is 11.1 Å². The number of hydrogen-bond acceptors (Lipinski definition) is 2. The van der Waals surface area contributed by atoms with Crippen LogP contribution in [0.2, 0.25) is 0 Å². The van der Waals surface area contributed by atoms with Gasteiger partial charge in [0, 0.05) is 12.1 Å². The highest BCUT2D eigenvalue weighted by atomic mass is 32.2. The number of hydrogen-bond donors (Lipinski definition) is 0. The third-order valence-corrected chi connectivity index (χ3v) is 4.05. The quantitative estimate of drug-likeness (QED) is 0.679. The Labute approximate surface area is 94.9 Å². The van der Waals surface area contributed by atoms with Crippen molar-refractivity contribution < 1.29 is 4.79 Å². The number of carbonyl (C=O) groups excluding carboxylic acids is 1. The molecule has 3 heteroatoms. The molecule has 0 saturated carbocycles. The minimum Gasteiger partial charge on any atom is -0.229 e. The molecule has 2 nitrogen and oxygen atoms in total. The topological polar surface area (TPSA) is 17.1 Å². The molecule has 1 aromatic rings. The molecule has 1 amide bonds. The molecule has 1 aromatic carbocycles.